The Kier molecular flexibility index (Phi) is 4.22. The number of aromatic nitrogens is 1. The van der Waals surface area contributed by atoms with Gasteiger partial charge in [-0.3, -0.25) is 9.59 Å². The lowest BCUT2D eigenvalue weighted by Crippen LogP contribution is -2.30. The van der Waals surface area contributed by atoms with Crippen LogP contribution in [-0.4, -0.2) is 34.8 Å². The molecular weight excluding hydrogens is 314 g/mol. The Hall–Kier alpha value is -2.69. The predicted octanol–water partition coefficient (Wildman–Crippen LogP) is 2.95. The molecule has 5 nitrogen and oxygen atoms in total. The van der Waals surface area contributed by atoms with Crippen molar-refractivity contribution in [1.82, 2.24) is 9.88 Å². The summed E-state index contributed by atoms with van der Waals surface area (Å²) in [7, 11) is 0. The molecule has 1 saturated heterocycles. The molecule has 1 aliphatic carbocycles. The lowest BCUT2D eigenvalue weighted by atomic mass is 10.1. The van der Waals surface area contributed by atoms with E-state index >= 15 is 0 Å². The van der Waals surface area contributed by atoms with Gasteiger partial charge in [0.15, 0.2) is 0 Å². The maximum absolute atomic E-state index is 12.4. The highest BCUT2D eigenvalue weighted by Crippen LogP contribution is 2.32. The van der Waals surface area contributed by atoms with Crippen LogP contribution in [0.5, 0.6) is 0 Å². The number of amides is 2. The smallest absolute Gasteiger partial charge is 0.230 e. The first kappa shape index (κ1) is 15.8. The monoisotopic (exact) mass is 335 g/mol. The highest BCUT2D eigenvalue weighted by molar-refractivity contribution is 5.96. The van der Waals surface area contributed by atoms with E-state index in [9.17, 15) is 9.59 Å². The molecule has 2 aliphatic rings. The van der Waals surface area contributed by atoms with E-state index in [1.165, 1.54) is 12.8 Å². The molecule has 0 radical (unpaired) electrons. The minimum atomic E-state index is -0.276. The Morgan fingerprint density at radius 1 is 1.12 bits per heavy atom. The normalized spacial score (nSPS) is 19.9. The number of benzene rings is 1. The number of pyridine rings is 1. The van der Waals surface area contributed by atoms with Crippen molar-refractivity contribution < 1.29 is 9.59 Å². The summed E-state index contributed by atoms with van der Waals surface area (Å²) in [6.07, 6.45) is 4.47. The summed E-state index contributed by atoms with van der Waals surface area (Å²) in [5.74, 6) is 0.878. The van der Waals surface area contributed by atoms with Gasteiger partial charge in [-0.05, 0) is 36.5 Å². The SMILES string of the molecule is O=C(Nc1ccc(-c2ccccc2)cn1)[C@@H]1CC(=O)N(CC2CC2)C1. The second kappa shape index (κ2) is 6.67. The summed E-state index contributed by atoms with van der Waals surface area (Å²) in [5.41, 5.74) is 2.09. The summed E-state index contributed by atoms with van der Waals surface area (Å²) in [6, 6.07) is 13.7. The zero-order valence-electron chi connectivity index (χ0n) is 14.0. The molecule has 1 saturated carbocycles. The van der Waals surface area contributed by atoms with Crippen molar-refractivity contribution in [3.8, 4) is 11.1 Å². The third-order valence-electron chi connectivity index (χ3n) is 4.88. The first-order chi connectivity index (χ1) is 12.2. The van der Waals surface area contributed by atoms with Crippen molar-refractivity contribution in [3.63, 3.8) is 0 Å². The van der Waals surface area contributed by atoms with Crippen molar-refractivity contribution in [2.45, 2.75) is 19.3 Å². The summed E-state index contributed by atoms with van der Waals surface area (Å²) in [6.45, 7) is 1.34. The maximum atomic E-state index is 12.4. The highest BCUT2D eigenvalue weighted by Gasteiger charge is 2.37. The zero-order chi connectivity index (χ0) is 17.2. The Balaban J connectivity index is 1.37. The molecule has 0 spiro atoms. The van der Waals surface area contributed by atoms with Gasteiger partial charge in [-0.1, -0.05) is 30.3 Å². The van der Waals surface area contributed by atoms with Crippen molar-refractivity contribution >= 4 is 17.6 Å². The number of rotatable bonds is 5. The molecule has 2 fully saturated rings. The maximum Gasteiger partial charge on any atom is 0.230 e. The molecular formula is C20H21N3O2. The van der Waals surface area contributed by atoms with E-state index in [0.717, 1.165) is 17.7 Å². The van der Waals surface area contributed by atoms with Crippen LogP contribution in [0, 0.1) is 11.8 Å². The van der Waals surface area contributed by atoms with Gasteiger partial charge in [0.2, 0.25) is 11.8 Å². The van der Waals surface area contributed by atoms with E-state index < -0.39 is 0 Å². The molecule has 2 amide bonds. The van der Waals surface area contributed by atoms with Gasteiger partial charge in [0, 0.05) is 31.3 Å². The van der Waals surface area contributed by atoms with Gasteiger partial charge < -0.3 is 10.2 Å². The minimum absolute atomic E-state index is 0.0967. The number of likely N-dealkylation sites (tertiary alicyclic amines) is 1. The van der Waals surface area contributed by atoms with Crippen LogP contribution in [0.3, 0.4) is 0 Å². The molecule has 0 unspecified atom stereocenters. The summed E-state index contributed by atoms with van der Waals surface area (Å²) in [4.78, 5) is 30.6. The van der Waals surface area contributed by atoms with E-state index in [1.807, 2.05) is 41.3 Å². The highest BCUT2D eigenvalue weighted by atomic mass is 16.2. The van der Waals surface area contributed by atoms with Crippen LogP contribution in [0.1, 0.15) is 19.3 Å². The molecule has 1 aromatic heterocycles. The lowest BCUT2D eigenvalue weighted by molar-refractivity contribution is -0.128. The van der Waals surface area contributed by atoms with Crippen LogP contribution in [-0.2, 0) is 9.59 Å². The molecule has 1 aromatic carbocycles. The van der Waals surface area contributed by atoms with E-state index in [4.69, 9.17) is 0 Å². The molecule has 1 N–H and O–H groups in total. The topological polar surface area (TPSA) is 62.3 Å². The lowest BCUT2D eigenvalue weighted by Gasteiger charge is -2.15. The second-order valence-electron chi connectivity index (χ2n) is 6.93. The van der Waals surface area contributed by atoms with Crippen LogP contribution in [0.2, 0.25) is 0 Å². The van der Waals surface area contributed by atoms with E-state index in [2.05, 4.69) is 10.3 Å². The van der Waals surface area contributed by atoms with Gasteiger partial charge in [0.25, 0.3) is 0 Å². The Bertz CT molecular complexity index is 769. The van der Waals surface area contributed by atoms with Gasteiger partial charge in [0.05, 0.1) is 5.92 Å². The van der Waals surface area contributed by atoms with E-state index in [0.29, 0.717) is 24.7 Å². The van der Waals surface area contributed by atoms with Crippen molar-refractivity contribution in [2.24, 2.45) is 11.8 Å². The number of hydrogen-bond donors (Lipinski definition) is 1. The molecule has 128 valence electrons. The van der Waals surface area contributed by atoms with E-state index in [-0.39, 0.29) is 17.7 Å². The van der Waals surface area contributed by atoms with Gasteiger partial charge in [-0.2, -0.15) is 0 Å². The van der Waals surface area contributed by atoms with Crippen LogP contribution in [0.4, 0.5) is 5.82 Å². The molecule has 2 heterocycles. The summed E-state index contributed by atoms with van der Waals surface area (Å²) >= 11 is 0. The average Bonchev–Trinajstić information content (AvgIpc) is 3.38. The molecule has 5 heteroatoms. The first-order valence-electron chi connectivity index (χ1n) is 8.79. The van der Waals surface area contributed by atoms with Crippen LogP contribution in [0.15, 0.2) is 48.7 Å². The number of carbonyl (C=O) groups is 2. The third-order valence-corrected chi connectivity index (χ3v) is 4.88. The van der Waals surface area contributed by atoms with E-state index in [1.54, 1.807) is 12.3 Å². The Morgan fingerprint density at radius 3 is 2.60 bits per heavy atom. The number of anilines is 1. The van der Waals surface area contributed by atoms with Gasteiger partial charge in [-0.25, -0.2) is 4.98 Å². The van der Waals surface area contributed by atoms with Crippen molar-refractivity contribution in [2.75, 3.05) is 18.4 Å². The number of hydrogen-bond acceptors (Lipinski definition) is 3. The van der Waals surface area contributed by atoms with Crippen LogP contribution >= 0.6 is 0 Å². The molecule has 25 heavy (non-hydrogen) atoms. The van der Waals surface area contributed by atoms with Gasteiger partial charge >= 0.3 is 0 Å². The Labute approximate surface area is 147 Å². The first-order valence-corrected chi connectivity index (χ1v) is 8.79. The average molecular weight is 335 g/mol. The number of carbonyl (C=O) groups excluding carboxylic acids is 2. The zero-order valence-corrected chi connectivity index (χ0v) is 14.0. The Morgan fingerprint density at radius 2 is 1.92 bits per heavy atom. The van der Waals surface area contributed by atoms with Crippen LogP contribution in [0.25, 0.3) is 11.1 Å². The second-order valence-corrected chi connectivity index (χ2v) is 6.93. The predicted molar refractivity (Wildman–Crippen MR) is 95.7 cm³/mol. The van der Waals surface area contributed by atoms with Crippen molar-refractivity contribution in [3.05, 3.63) is 48.7 Å². The summed E-state index contributed by atoms with van der Waals surface area (Å²) in [5, 5.41) is 2.84. The molecule has 2 aromatic rings. The van der Waals surface area contributed by atoms with Gasteiger partial charge in [0.1, 0.15) is 5.82 Å². The minimum Gasteiger partial charge on any atom is -0.342 e. The van der Waals surface area contributed by atoms with Crippen molar-refractivity contribution in [1.29, 1.82) is 0 Å². The summed E-state index contributed by atoms with van der Waals surface area (Å²) < 4.78 is 0. The van der Waals surface area contributed by atoms with Crippen LogP contribution < -0.4 is 5.32 Å². The number of nitrogens with one attached hydrogen (secondary N) is 1. The molecule has 1 atom stereocenters. The van der Waals surface area contributed by atoms with Gasteiger partial charge in [-0.15, -0.1) is 0 Å². The molecule has 4 rings (SSSR count). The fourth-order valence-corrected chi connectivity index (χ4v) is 3.23. The molecule has 1 aliphatic heterocycles. The largest absolute Gasteiger partial charge is 0.342 e. The standard InChI is InChI=1S/C20H21N3O2/c24-19-10-17(13-23(19)12-14-6-7-14)20(25)22-18-9-8-16(11-21-18)15-4-2-1-3-5-15/h1-5,8-9,11,14,17H,6-7,10,12-13H2,(H,21,22,25)/t17-/m1/s1. The quantitative estimate of drug-likeness (QED) is 0.914. The fraction of sp³-hybridized carbons (Fsp3) is 0.350. The fourth-order valence-electron chi connectivity index (χ4n) is 3.23. The molecule has 0 bridgehead atoms. The third kappa shape index (κ3) is 3.71. The number of nitrogens with zero attached hydrogens (tertiary/aromatic N) is 2.